The largest absolute Gasteiger partial charge is 0.476 e. The quantitative estimate of drug-likeness (QED) is 0.0522. The zero-order valence-electron chi connectivity index (χ0n) is 32.1. The average molecular weight is 821 g/mol. The topological polar surface area (TPSA) is 208 Å². The first kappa shape index (κ1) is 43.2. The molecule has 5 aromatic rings. The van der Waals surface area contributed by atoms with Crippen LogP contribution in [0.3, 0.4) is 0 Å². The Kier molecular flexibility index (Phi) is 14.8. The fourth-order valence-corrected chi connectivity index (χ4v) is 8.32. The molecule has 1 unspecified atom stereocenters. The van der Waals surface area contributed by atoms with Gasteiger partial charge in [-0.15, -0.1) is 0 Å². The molecule has 0 aliphatic carbocycles. The van der Waals surface area contributed by atoms with Gasteiger partial charge in [0.25, 0.3) is 0 Å². The number of rotatable bonds is 22. The molecule has 0 fully saturated rings. The number of phosphoric ester groups is 1. The van der Waals surface area contributed by atoms with Gasteiger partial charge in [-0.25, -0.2) is 18.6 Å². The van der Waals surface area contributed by atoms with Gasteiger partial charge < -0.3 is 19.7 Å². The number of nitrogen functional groups attached to an aromatic ring is 1. The Hall–Kier alpha value is -4.94. The number of benzene rings is 3. The number of nitrogens with zero attached hydrogens (tertiary/aromatic N) is 4. The highest BCUT2D eigenvalue weighted by molar-refractivity contribution is 7.52. The fraction of sp³-hybridized carbons (Fsp3) is 0.333. The number of hydrogen-bond acceptors (Lipinski definition) is 14. The smallest absolute Gasteiger partial charge is 0.461 e. The molecule has 0 spiro atoms. The Morgan fingerprint density at radius 2 is 1.49 bits per heavy atom. The molecule has 3 atom stereocenters. The van der Waals surface area contributed by atoms with E-state index in [4.69, 9.17) is 37.8 Å². The maximum absolute atomic E-state index is 14.3. The molecule has 2 aromatic heterocycles. The first-order valence-corrected chi connectivity index (χ1v) is 20.9. The van der Waals surface area contributed by atoms with Crippen molar-refractivity contribution >= 4 is 32.9 Å². The van der Waals surface area contributed by atoms with Crippen LogP contribution in [-0.4, -0.2) is 58.1 Å². The number of anilines is 1. The number of methoxy groups -OCH3 is 1. The van der Waals surface area contributed by atoms with Crippen LogP contribution in [0.1, 0.15) is 44.0 Å². The van der Waals surface area contributed by atoms with Gasteiger partial charge >= 0.3 is 21.5 Å². The van der Waals surface area contributed by atoms with E-state index in [1.807, 2.05) is 36.4 Å². The molecule has 18 heteroatoms. The lowest BCUT2D eigenvalue weighted by Crippen LogP contribution is -2.40. The predicted octanol–water partition coefficient (Wildman–Crippen LogP) is 7.21. The first-order valence-electron chi connectivity index (χ1n) is 17.9. The number of carbonyl (C=O) groups excluding carboxylic acids is 1. The van der Waals surface area contributed by atoms with E-state index < -0.39 is 52.0 Å². The van der Waals surface area contributed by atoms with Crippen molar-refractivity contribution in [3.05, 3.63) is 126 Å². The summed E-state index contributed by atoms with van der Waals surface area (Å²) in [6.07, 6.45) is 1.73. The van der Waals surface area contributed by atoms with Crippen molar-refractivity contribution in [1.29, 1.82) is 5.26 Å². The van der Waals surface area contributed by atoms with Crippen LogP contribution in [-0.2, 0) is 61.1 Å². The monoisotopic (exact) mass is 820 g/mol. The second kappa shape index (κ2) is 19.5. The van der Waals surface area contributed by atoms with Crippen molar-refractivity contribution in [2.24, 2.45) is 0 Å². The molecule has 0 saturated heterocycles. The Morgan fingerprint density at radius 1 is 0.895 bits per heavy atom. The van der Waals surface area contributed by atoms with E-state index in [2.05, 4.69) is 21.2 Å². The number of phosphoric acid groups is 1. The van der Waals surface area contributed by atoms with Gasteiger partial charge in [0, 0.05) is 12.8 Å². The van der Waals surface area contributed by atoms with Gasteiger partial charge in [0.15, 0.2) is 11.4 Å². The first-order chi connectivity index (χ1) is 27.3. The second-order valence-corrected chi connectivity index (χ2v) is 16.8. The van der Waals surface area contributed by atoms with Crippen LogP contribution in [0.2, 0.25) is 0 Å². The molecule has 0 aliphatic heterocycles. The number of aromatic nitrogens is 3. The molecule has 0 aliphatic rings. The normalized spacial score (nSPS) is 14.6. The lowest BCUT2D eigenvalue weighted by atomic mass is 9.99. The average Bonchev–Trinajstić information content (AvgIpc) is 3.64. The maximum Gasteiger partial charge on any atom is 0.476 e. The number of ether oxygens (including phenoxy) is 2. The van der Waals surface area contributed by atoms with Crippen molar-refractivity contribution in [3.8, 4) is 11.8 Å². The van der Waals surface area contributed by atoms with E-state index in [1.54, 1.807) is 85.1 Å². The highest BCUT2D eigenvalue weighted by Crippen LogP contribution is 2.54. The van der Waals surface area contributed by atoms with Gasteiger partial charge in [-0.2, -0.15) is 15.4 Å². The molecule has 0 bridgehead atoms. The molecule has 0 amide bonds. The van der Waals surface area contributed by atoms with Gasteiger partial charge in [0.05, 0.1) is 13.2 Å². The van der Waals surface area contributed by atoms with Gasteiger partial charge in [0.2, 0.25) is 0 Å². The van der Waals surface area contributed by atoms with Crippen LogP contribution in [0.15, 0.2) is 109 Å². The van der Waals surface area contributed by atoms with Gasteiger partial charge in [-0.1, -0.05) is 78.9 Å². The van der Waals surface area contributed by atoms with Crippen LogP contribution in [0.4, 0.5) is 5.82 Å². The maximum atomic E-state index is 14.3. The number of esters is 1. The summed E-state index contributed by atoms with van der Waals surface area (Å²) in [5, 5.41) is 17.1. The number of aryl methyl sites for hydroxylation is 1. The molecule has 16 nitrogen and oxygen atoms in total. The number of nitrogens with two attached hydrogens (primary N) is 1. The van der Waals surface area contributed by atoms with Gasteiger partial charge in [-0.3, -0.25) is 22.9 Å². The van der Waals surface area contributed by atoms with Crippen molar-refractivity contribution < 1.29 is 46.0 Å². The second-order valence-electron chi connectivity index (χ2n) is 13.5. The number of nitriles is 1. The predicted molar refractivity (Wildman–Crippen MR) is 210 cm³/mol. The Balaban J connectivity index is 1.24. The summed E-state index contributed by atoms with van der Waals surface area (Å²) >= 11 is 0. The molecular weight excluding hydrogens is 774 g/mol. The lowest BCUT2D eigenvalue weighted by Gasteiger charge is -2.30. The van der Waals surface area contributed by atoms with E-state index >= 15 is 0 Å². The third kappa shape index (κ3) is 12.5. The molecule has 3 N–H and O–H groups in total. The van der Waals surface area contributed by atoms with E-state index in [-0.39, 0.29) is 25.4 Å². The van der Waals surface area contributed by atoms with Crippen LogP contribution in [0.5, 0.6) is 5.75 Å². The zero-order valence-corrected chi connectivity index (χ0v) is 33.8. The molecule has 302 valence electrons. The molecule has 3 aromatic carbocycles. The van der Waals surface area contributed by atoms with E-state index in [9.17, 15) is 19.2 Å². The van der Waals surface area contributed by atoms with E-state index in [0.29, 0.717) is 17.8 Å². The Bertz CT molecular complexity index is 2160. The number of nitrogens with one attached hydrogen (secondary N) is 1. The third-order valence-corrected chi connectivity index (χ3v) is 11.7. The minimum absolute atomic E-state index is 0.0655. The molecule has 0 radical (unpaired) electrons. The molecule has 0 saturated carbocycles. The summed E-state index contributed by atoms with van der Waals surface area (Å²) in [7, 11) is -7.32. The van der Waals surface area contributed by atoms with Crippen LogP contribution >= 0.6 is 15.6 Å². The minimum Gasteiger partial charge on any atom is -0.461 e. The van der Waals surface area contributed by atoms with E-state index in [1.165, 1.54) is 20.4 Å². The number of carbonyl (C=O) groups is 1. The minimum atomic E-state index is -4.42. The highest BCUT2D eigenvalue weighted by Gasteiger charge is 2.40. The number of fused-ring (bicyclic) bond motifs is 1. The third-order valence-electron chi connectivity index (χ3n) is 8.47. The van der Waals surface area contributed by atoms with E-state index in [0.717, 1.165) is 16.8 Å². The summed E-state index contributed by atoms with van der Waals surface area (Å²) in [4.78, 5) is 17.4. The summed E-state index contributed by atoms with van der Waals surface area (Å²) < 4.78 is 70.1. The van der Waals surface area contributed by atoms with Gasteiger partial charge in [-0.05, 0) is 69.0 Å². The number of hydrogen-bond donors (Lipinski definition) is 2. The molecule has 5 rings (SSSR count). The summed E-state index contributed by atoms with van der Waals surface area (Å²) in [5.74, 6) is -0.397. The molecule has 2 heterocycles. The van der Waals surface area contributed by atoms with Crippen LogP contribution < -0.4 is 15.3 Å². The number of para-hydroxylation sites is 1. The van der Waals surface area contributed by atoms with Gasteiger partial charge in [0.1, 0.15) is 48.5 Å². The SMILES string of the molecule is CO[C@@](C#N)(CCc1ccc2c(N)ncnn12)COP(=O)(N[C@@H](C)C(=O)OCC(C)(C)OP(=O)(OCc1ccccc1)OCc1ccccc1)Oc1ccccc1. The van der Waals surface area contributed by atoms with Crippen LogP contribution in [0, 0.1) is 11.3 Å². The standard InChI is InChI=1S/C39H46N6O10P2/c1-30(37(46)50-27-38(2,3)55-57(48,51-24-31-14-8-5-9-15-31)52-25-32-16-10-6-11-17-32)44-56(47,54-34-18-12-7-13-19-34)53-28-39(26-40,49-4)23-22-33-20-21-35-36(41)42-29-43-45(33)35/h5-21,29-30H,22-25,27-28H2,1-4H3,(H,44,47)(H2,41,42,43)/t30-,39+,56?/m0/s1. The van der Waals surface area contributed by atoms with Crippen molar-refractivity contribution in [3.63, 3.8) is 0 Å². The zero-order chi connectivity index (χ0) is 40.9. The fourth-order valence-electron chi connectivity index (χ4n) is 5.33. The molecular formula is C39H46N6O10P2. The van der Waals surface area contributed by atoms with Crippen molar-refractivity contribution in [1.82, 2.24) is 19.7 Å². The Morgan fingerprint density at radius 3 is 2.07 bits per heavy atom. The Labute approximate surface area is 331 Å². The van der Waals surface area contributed by atoms with Crippen molar-refractivity contribution in [2.75, 3.05) is 26.1 Å². The van der Waals surface area contributed by atoms with Crippen LogP contribution in [0.25, 0.3) is 5.52 Å². The molecule has 57 heavy (non-hydrogen) atoms. The summed E-state index contributed by atoms with van der Waals surface area (Å²) in [5.41, 5.74) is 5.80. The lowest BCUT2D eigenvalue weighted by molar-refractivity contribution is -0.151. The summed E-state index contributed by atoms with van der Waals surface area (Å²) in [6, 6.07) is 30.8. The highest BCUT2D eigenvalue weighted by atomic mass is 31.2. The van der Waals surface area contributed by atoms with Crippen molar-refractivity contribution in [2.45, 2.75) is 64.1 Å². The summed E-state index contributed by atoms with van der Waals surface area (Å²) in [6.45, 7) is 3.47.